The number of benzene rings is 22. The van der Waals surface area contributed by atoms with Gasteiger partial charge in [-0.15, -0.1) is 0 Å². The molecule has 0 spiro atoms. The first kappa shape index (κ1) is 76.9. The Balaban J connectivity index is 0.0000000959. The van der Waals surface area contributed by atoms with E-state index >= 15 is 0 Å². The third-order valence-corrected chi connectivity index (χ3v) is 30.4. The van der Waals surface area contributed by atoms with Crippen molar-refractivity contribution >= 4 is 256 Å². The number of fused-ring (bicyclic) bond motifs is 26. The molecule has 0 saturated carbocycles. The summed E-state index contributed by atoms with van der Waals surface area (Å²) in [6, 6.07) is 161. The topological polar surface area (TPSA) is 105 Å². The summed E-state index contributed by atoms with van der Waals surface area (Å²) < 4.78 is 14.5. The van der Waals surface area contributed by atoms with Crippen molar-refractivity contribution in [3.63, 3.8) is 0 Å². The number of hydrogen-bond acceptors (Lipinski definition) is 6. The quantitative estimate of drug-likeness (QED) is 0.164. The fourth-order valence-corrected chi connectivity index (χ4v) is 24.7. The maximum atomic E-state index is 5.50. The van der Waals surface area contributed by atoms with E-state index in [9.17, 15) is 0 Å². The van der Waals surface area contributed by atoms with Crippen LogP contribution < -0.4 is 0 Å². The van der Waals surface area contributed by atoms with Gasteiger partial charge in [-0.05, 0) is 117 Å². The summed E-state index contributed by atoms with van der Waals surface area (Å²) in [6.07, 6.45) is 0. The molecule has 0 aliphatic heterocycles. The summed E-state index contributed by atoms with van der Waals surface area (Å²) in [7, 11) is 0. The number of aromatic nitrogens is 12. The van der Waals surface area contributed by atoms with Crippen LogP contribution in [-0.2, 0) is 0 Å². The Labute approximate surface area is 807 Å². The number of rotatable bonds is 6. The highest BCUT2D eigenvalue weighted by Gasteiger charge is 2.32. The second-order valence-corrected chi connectivity index (χ2v) is 37.7. The van der Waals surface area contributed by atoms with E-state index in [4.69, 9.17) is 29.9 Å². The molecule has 0 fully saturated rings. The van der Waals surface area contributed by atoms with Crippen molar-refractivity contribution in [2.75, 3.05) is 0 Å². The van der Waals surface area contributed by atoms with Crippen molar-refractivity contribution in [2.45, 2.75) is 0 Å². The molecule has 12 nitrogen and oxygen atoms in total. The third-order valence-electron chi connectivity index (χ3n) is 30.4. The van der Waals surface area contributed by atoms with Crippen LogP contribution in [0.2, 0.25) is 0 Å². The lowest BCUT2D eigenvalue weighted by atomic mass is 9.97. The van der Waals surface area contributed by atoms with E-state index in [0.717, 1.165) is 99.6 Å². The Morgan fingerprint density at radius 1 is 0.134 bits per heavy atom. The molecule has 0 amide bonds. The molecule has 142 heavy (non-hydrogen) atoms. The first-order valence-corrected chi connectivity index (χ1v) is 48.5. The maximum Gasteiger partial charge on any atom is 0.235 e. The van der Waals surface area contributed by atoms with Crippen LogP contribution in [0.15, 0.2) is 449 Å². The Morgan fingerprint density at radius 2 is 0.430 bits per heavy atom. The molecule has 0 unspecified atom stereocenters. The minimum absolute atomic E-state index is 0.670. The van der Waals surface area contributed by atoms with Crippen LogP contribution in [0.5, 0.6) is 0 Å². The monoisotopic (exact) mass is 1800 g/mol. The highest BCUT2D eigenvalue weighted by molar-refractivity contribution is 6.41. The molecule has 34 rings (SSSR count). The molecule has 12 aromatic heterocycles. The highest BCUT2D eigenvalue weighted by Crippen LogP contribution is 2.53. The zero-order valence-electron chi connectivity index (χ0n) is 76.1. The van der Waals surface area contributed by atoms with Crippen LogP contribution in [0.1, 0.15) is 0 Å². The van der Waals surface area contributed by atoms with Gasteiger partial charge in [-0.25, -0.2) is 29.9 Å². The average Bonchev–Trinajstić information content (AvgIpc) is 1.49. The molecule has 0 saturated heterocycles. The third kappa shape index (κ3) is 10.6. The number of hydrogen-bond donors (Lipinski definition) is 0. The van der Waals surface area contributed by atoms with Crippen molar-refractivity contribution in [1.29, 1.82) is 0 Å². The Morgan fingerprint density at radius 3 is 0.915 bits per heavy atom. The van der Waals surface area contributed by atoms with E-state index in [1.54, 1.807) is 0 Å². The van der Waals surface area contributed by atoms with Crippen LogP contribution in [0.4, 0.5) is 0 Å². The molecule has 0 aliphatic rings. The summed E-state index contributed by atoms with van der Waals surface area (Å²) in [5.74, 6) is 2.02. The molecule has 22 aromatic carbocycles. The molecule has 0 bridgehead atoms. The van der Waals surface area contributed by atoms with Gasteiger partial charge in [0.2, 0.25) is 17.8 Å². The van der Waals surface area contributed by atoms with Crippen molar-refractivity contribution in [1.82, 2.24) is 56.8 Å². The fraction of sp³-hybridized carbons (Fsp3) is 0. The maximum absolute atomic E-state index is 5.50. The minimum Gasteiger partial charge on any atom is -0.308 e. The van der Waals surface area contributed by atoms with Gasteiger partial charge in [0.15, 0.2) is 0 Å². The van der Waals surface area contributed by atoms with Crippen LogP contribution in [0, 0.1) is 0 Å². The molecule has 0 radical (unpaired) electrons. The molecule has 12 heteroatoms. The predicted octanol–water partition coefficient (Wildman–Crippen LogP) is 33.2. The molecular formula is C130H74N12. The van der Waals surface area contributed by atoms with Crippen LogP contribution >= 0.6 is 0 Å². The molecular weight excluding hydrogens is 1730 g/mol. The summed E-state index contributed by atoms with van der Waals surface area (Å²) in [5, 5.41) is 35.1. The van der Waals surface area contributed by atoms with E-state index < -0.39 is 0 Å². The summed E-state index contributed by atoms with van der Waals surface area (Å²) in [6.45, 7) is 0. The van der Waals surface area contributed by atoms with Gasteiger partial charge in [-0.2, -0.15) is 0 Å². The Bertz CT molecular complexity index is 11400. The van der Waals surface area contributed by atoms with Crippen LogP contribution in [0.3, 0.4) is 0 Å². The Kier molecular flexibility index (Phi) is 15.8. The van der Waals surface area contributed by atoms with Gasteiger partial charge < -0.3 is 13.2 Å². The lowest BCUT2D eigenvalue weighted by Crippen LogP contribution is -2.04. The standard InChI is InChI=1S/C46H26N4.2C42H24N4/c1-2-13-27(14-3-1)42-35-20-8-10-23-37(35)47-46(48-42)50-44-30-17-6-4-15-28(30)25-36-34-22-12-21-33-32-19-9-11-24-38(32)49(43(33)34)39-26-29-16-5-7-18-31(29)45(50)41(39)40(36)44;1-2-12-25(13-3-1)39-32-17-6-8-21-33(32)43-42(44-39)46-35-23-11-18-29-31-20-10-19-30-28-16-7-9-22-34(28)45(40(30)31)36-24-26-14-4-5-15-27(26)41(46)38(36)37(29)35;1-2-12-25(13-3-1)40-30-17-6-8-20-32(30)43-42(44-40)46-35-23-11-22-34-38(35)39-36(46)24-26-14-4-5-15-27(26)37(39)31-19-10-18-29-28-16-7-9-21-33(28)45(34)41(29)31/h1-26H;2*1-24H. The number of para-hydroxylation sites is 9. The van der Waals surface area contributed by atoms with E-state index in [2.05, 4.69) is 464 Å². The molecule has 0 atom stereocenters. The summed E-state index contributed by atoms with van der Waals surface area (Å²) in [5.41, 5.74) is 26.4. The normalized spacial score (nSPS) is 12.4. The lowest BCUT2D eigenvalue weighted by Gasteiger charge is -2.14. The van der Waals surface area contributed by atoms with Gasteiger partial charge in [0, 0.05) is 135 Å². The molecule has 654 valence electrons. The van der Waals surface area contributed by atoms with Gasteiger partial charge in [0.1, 0.15) is 0 Å². The van der Waals surface area contributed by atoms with Gasteiger partial charge in [0.05, 0.1) is 116 Å². The van der Waals surface area contributed by atoms with E-state index in [-0.39, 0.29) is 0 Å². The van der Waals surface area contributed by atoms with Crippen molar-refractivity contribution in [2.24, 2.45) is 0 Å². The predicted molar refractivity (Wildman–Crippen MR) is 592 cm³/mol. The minimum atomic E-state index is 0.670. The molecule has 34 aromatic rings. The number of nitrogens with zero attached hydrogens (tertiary/aromatic N) is 12. The largest absolute Gasteiger partial charge is 0.308 e. The smallest absolute Gasteiger partial charge is 0.235 e. The summed E-state index contributed by atoms with van der Waals surface area (Å²) >= 11 is 0. The van der Waals surface area contributed by atoms with Crippen molar-refractivity contribution in [3.05, 3.63) is 449 Å². The van der Waals surface area contributed by atoms with E-state index in [0.29, 0.717) is 17.8 Å². The average molecular weight is 1800 g/mol. The van der Waals surface area contributed by atoms with Gasteiger partial charge in [-0.3, -0.25) is 13.7 Å². The van der Waals surface area contributed by atoms with Crippen LogP contribution in [-0.4, -0.2) is 56.8 Å². The zero-order chi connectivity index (χ0) is 92.4. The van der Waals surface area contributed by atoms with Crippen molar-refractivity contribution < 1.29 is 0 Å². The zero-order valence-corrected chi connectivity index (χ0v) is 76.1. The SMILES string of the molecule is c1ccc(-c2nc(-n3c4c5ccccc5cc5c6cccc7c8ccccc8n(c8cc9ccccc9c3c8c54)c67)nc3ccccc23)cc1.c1ccc(-c2nc(-n3c4cc5ccccc5c5c6cccc7c8ccccc8n(c8cccc3c8c54)c76)nc3ccccc23)cc1.c1ccc(-c2nc(-n3c4cccc5c6cccc7c8ccccc8n(c8cc9ccccc9c3c8c54)c67)nc3ccccc23)cc1. The van der Waals surface area contributed by atoms with Crippen molar-refractivity contribution in [3.8, 4) is 51.6 Å². The van der Waals surface area contributed by atoms with Gasteiger partial charge >= 0.3 is 0 Å². The first-order chi connectivity index (χ1) is 70.5. The first-order valence-electron chi connectivity index (χ1n) is 48.5. The van der Waals surface area contributed by atoms with Gasteiger partial charge in [0.25, 0.3) is 0 Å². The second-order valence-electron chi connectivity index (χ2n) is 37.7. The molecule has 0 aliphatic carbocycles. The Hall–Kier alpha value is -19.3. The summed E-state index contributed by atoms with van der Waals surface area (Å²) in [4.78, 5) is 32.2. The second kappa shape index (κ2) is 29.1. The molecule has 12 heterocycles. The van der Waals surface area contributed by atoms with E-state index in [1.807, 2.05) is 12.1 Å². The van der Waals surface area contributed by atoms with Gasteiger partial charge in [-0.1, -0.05) is 370 Å². The van der Waals surface area contributed by atoms with E-state index in [1.165, 1.54) is 190 Å². The fourth-order valence-electron chi connectivity index (χ4n) is 24.7. The highest BCUT2D eigenvalue weighted by atomic mass is 15.2. The molecule has 0 N–H and O–H groups in total. The lowest BCUT2D eigenvalue weighted by molar-refractivity contribution is 1.01. The van der Waals surface area contributed by atoms with Crippen LogP contribution in [0.25, 0.3) is 307 Å².